The molecule has 1 fully saturated rings. The van der Waals surface area contributed by atoms with Gasteiger partial charge in [0.2, 0.25) is 5.78 Å². The first-order valence-corrected chi connectivity index (χ1v) is 10.5. The van der Waals surface area contributed by atoms with Gasteiger partial charge in [-0.15, -0.1) is 0 Å². The van der Waals surface area contributed by atoms with Crippen LogP contribution in [0.1, 0.15) is 24.5 Å². The quantitative estimate of drug-likeness (QED) is 0.416. The highest BCUT2D eigenvalue weighted by molar-refractivity contribution is 6.32. The number of nitrogens with zero attached hydrogens (tertiary/aromatic N) is 1. The minimum Gasteiger partial charge on any atom is -0.508 e. The highest BCUT2D eigenvalue weighted by Crippen LogP contribution is 2.53. The Morgan fingerprint density at radius 1 is 1.28 bits per heavy atom. The number of carbonyl (C=O) groups excluding carboxylic acids is 3. The van der Waals surface area contributed by atoms with E-state index < -0.39 is 58.0 Å². The number of phenols is 1. The maximum absolute atomic E-state index is 13.6. The van der Waals surface area contributed by atoms with E-state index in [0.29, 0.717) is 12.1 Å². The van der Waals surface area contributed by atoms with Crippen molar-refractivity contribution in [3.8, 4) is 5.75 Å². The molecule has 0 unspecified atom stereocenters. The normalized spacial score (nSPS) is 29.7. The number of nitrogens with two attached hydrogens (primary N) is 1. The Kier molecular flexibility index (Phi) is 5.11. The fraction of sp³-hybridized carbons (Fsp3) is 0.409. The number of ketones is 2. The van der Waals surface area contributed by atoms with Crippen LogP contribution in [0.2, 0.25) is 5.02 Å². The number of halogens is 1. The third-order valence-electron chi connectivity index (χ3n) is 6.96. The minimum absolute atomic E-state index is 0.0214. The molecule has 1 saturated carbocycles. The molecule has 10 heteroatoms. The lowest BCUT2D eigenvalue weighted by molar-refractivity contribution is -0.154. The summed E-state index contributed by atoms with van der Waals surface area (Å²) < 4.78 is 0. The molecule has 0 bridgehead atoms. The van der Waals surface area contributed by atoms with Gasteiger partial charge >= 0.3 is 0 Å². The number of hydrogen-bond acceptors (Lipinski definition) is 8. The Bertz CT molecular complexity index is 1140. The first-order valence-electron chi connectivity index (χ1n) is 10.2. The summed E-state index contributed by atoms with van der Waals surface area (Å²) in [5, 5.41) is 43.8. The number of aromatic hydroxyl groups is 1. The Morgan fingerprint density at radius 2 is 1.94 bits per heavy atom. The number of Topliss-reactive ketones (excluding diaryl/α,β-unsaturated/α-hetero) is 2. The molecule has 0 aromatic heterocycles. The van der Waals surface area contributed by atoms with Gasteiger partial charge < -0.3 is 26.2 Å². The zero-order valence-electron chi connectivity index (χ0n) is 17.4. The number of aliphatic hydroxyl groups is 3. The summed E-state index contributed by atoms with van der Waals surface area (Å²) in [5.74, 6) is -6.78. The van der Waals surface area contributed by atoms with Crippen molar-refractivity contribution >= 4 is 34.8 Å². The largest absolute Gasteiger partial charge is 0.508 e. The van der Waals surface area contributed by atoms with Gasteiger partial charge in [-0.1, -0.05) is 18.5 Å². The molecule has 0 spiro atoms. The molecule has 3 aliphatic rings. The second-order valence-electron chi connectivity index (χ2n) is 8.49. The SMILES string of the molecule is CCN(C)[C@@H]1C(=O)C(C(N)=O)=C(O)[C@@]2(O)C(=O)C3=C(O)c4c(O)ccc(Cl)c4C[C@H]3C[C@@H]12. The lowest BCUT2D eigenvalue weighted by atomic mass is 9.57. The van der Waals surface area contributed by atoms with E-state index in [1.54, 1.807) is 18.9 Å². The minimum atomic E-state index is -2.64. The molecule has 9 nitrogen and oxygen atoms in total. The van der Waals surface area contributed by atoms with E-state index >= 15 is 0 Å². The van der Waals surface area contributed by atoms with E-state index in [-0.39, 0.29) is 34.8 Å². The average molecular weight is 463 g/mol. The molecule has 32 heavy (non-hydrogen) atoms. The molecule has 0 radical (unpaired) electrons. The van der Waals surface area contributed by atoms with E-state index in [0.717, 1.165) is 0 Å². The van der Waals surface area contributed by atoms with Crippen LogP contribution in [0.25, 0.3) is 5.76 Å². The number of primary amides is 1. The molecule has 0 saturated heterocycles. The van der Waals surface area contributed by atoms with Crippen LogP contribution in [0.4, 0.5) is 0 Å². The lowest BCUT2D eigenvalue weighted by Gasteiger charge is -2.50. The van der Waals surface area contributed by atoms with Gasteiger partial charge in [0.05, 0.1) is 11.6 Å². The number of fused-ring (bicyclic) bond motifs is 3. The molecule has 170 valence electrons. The number of rotatable bonds is 3. The Balaban J connectivity index is 1.99. The lowest BCUT2D eigenvalue weighted by Crippen LogP contribution is -2.66. The molecular weight excluding hydrogens is 440 g/mol. The molecule has 1 amide bonds. The van der Waals surface area contributed by atoms with Gasteiger partial charge in [0.1, 0.15) is 22.8 Å². The maximum atomic E-state index is 13.6. The van der Waals surface area contributed by atoms with Gasteiger partial charge in [-0.25, -0.2) is 0 Å². The second-order valence-corrected chi connectivity index (χ2v) is 8.90. The number of hydrogen-bond donors (Lipinski definition) is 5. The number of phenolic OH excluding ortho intramolecular Hbond substituents is 1. The predicted molar refractivity (Wildman–Crippen MR) is 114 cm³/mol. The predicted octanol–water partition coefficient (Wildman–Crippen LogP) is 1.01. The Hall–Kier alpha value is -2.88. The number of amides is 1. The second kappa shape index (κ2) is 7.33. The van der Waals surface area contributed by atoms with Crippen LogP contribution in [-0.2, 0) is 20.8 Å². The average Bonchev–Trinajstić information content (AvgIpc) is 2.72. The third-order valence-corrected chi connectivity index (χ3v) is 7.32. The van der Waals surface area contributed by atoms with Crippen LogP contribution in [0.5, 0.6) is 5.75 Å². The van der Waals surface area contributed by atoms with E-state index in [2.05, 4.69) is 0 Å². The highest BCUT2D eigenvalue weighted by atomic mass is 35.5. The number of likely N-dealkylation sites (N-methyl/N-ethyl adjacent to an activating group) is 1. The van der Waals surface area contributed by atoms with Crippen LogP contribution >= 0.6 is 11.6 Å². The number of benzene rings is 1. The van der Waals surface area contributed by atoms with Crippen molar-refractivity contribution in [1.82, 2.24) is 4.90 Å². The molecule has 0 aliphatic heterocycles. The first kappa shape index (κ1) is 22.3. The summed E-state index contributed by atoms with van der Waals surface area (Å²) in [7, 11) is 1.60. The van der Waals surface area contributed by atoms with E-state index in [4.69, 9.17) is 17.3 Å². The smallest absolute Gasteiger partial charge is 0.255 e. The van der Waals surface area contributed by atoms with Crippen molar-refractivity contribution < 1.29 is 34.8 Å². The summed E-state index contributed by atoms with van der Waals surface area (Å²) in [4.78, 5) is 40.3. The zero-order valence-corrected chi connectivity index (χ0v) is 18.2. The number of carbonyl (C=O) groups is 3. The Morgan fingerprint density at radius 3 is 2.53 bits per heavy atom. The van der Waals surface area contributed by atoms with Crippen molar-refractivity contribution in [3.63, 3.8) is 0 Å². The van der Waals surface area contributed by atoms with Crippen LogP contribution in [0.3, 0.4) is 0 Å². The molecule has 4 atom stereocenters. The van der Waals surface area contributed by atoms with Gasteiger partial charge in [-0.05, 0) is 50.0 Å². The topological polar surface area (TPSA) is 161 Å². The maximum Gasteiger partial charge on any atom is 0.255 e. The van der Waals surface area contributed by atoms with Gasteiger partial charge in [-0.3, -0.25) is 19.3 Å². The molecule has 3 aliphatic carbocycles. The summed E-state index contributed by atoms with van der Waals surface area (Å²) in [6, 6.07) is 1.65. The Labute approximate surface area is 188 Å². The van der Waals surface area contributed by atoms with Crippen LogP contribution in [0.15, 0.2) is 29.0 Å². The summed E-state index contributed by atoms with van der Waals surface area (Å²) in [6.45, 7) is 2.11. The summed E-state index contributed by atoms with van der Waals surface area (Å²) in [5.41, 5.74) is 2.06. The molecular formula is C22H23ClN2O7. The van der Waals surface area contributed by atoms with Crippen molar-refractivity contribution in [1.29, 1.82) is 0 Å². The summed E-state index contributed by atoms with van der Waals surface area (Å²) >= 11 is 6.27. The van der Waals surface area contributed by atoms with Gasteiger partial charge in [0.15, 0.2) is 11.4 Å². The third kappa shape index (κ3) is 2.74. The van der Waals surface area contributed by atoms with E-state index in [1.807, 2.05) is 0 Å². The summed E-state index contributed by atoms with van der Waals surface area (Å²) in [6.07, 6.45) is 0.202. The van der Waals surface area contributed by atoms with Crippen molar-refractivity contribution in [2.45, 2.75) is 31.4 Å². The van der Waals surface area contributed by atoms with Gasteiger partial charge in [0.25, 0.3) is 5.91 Å². The molecule has 6 N–H and O–H groups in total. The van der Waals surface area contributed by atoms with Crippen molar-refractivity contribution in [2.75, 3.05) is 13.6 Å². The van der Waals surface area contributed by atoms with Gasteiger partial charge in [-0.2, -0.15) is 0 Å². The first-order chi connectivity index (χ1) is 15.0. The molecule has 4 rings (SSSR count). The van der Waals surface area contributed by atoms with Crippen molar-refractivity contribution in [3.05, 3.63) is 45.2 Å². The zero-order chi connectivity index (χ0) is 23.7. The van der Waals surface area contributed by atoms with E-state index in [9.17, 15) is 34.8 Å². The van der Waals surface area contributed by atoms with Crippen LogP contribution < -0.4 is 5.73 Å². The van der Waals surface area contributed by atoms with Crippen molar-refractivity contribution in [2.24, 2.45) is 17.6 Å². The molecule has 1 aromatic rings. The highest BCUT2D eigenvalue weighted by Gasteiger charge is 2.64. The molecule has 0 heterocycles. The fourth-order valence-corrected chi connectivity index (χ4v) is 5.55. The van der Waals surface area contributed by atoms with Crippen LogP contribution in [0, 0.1) is 11.8 Å². The van der Waals surface area contributed by atoms with Crippen LogP contribution in [-0.4, -0.2) is 68.0 Å². The fourth-order valence-electron chi connectivity index (χ4n) is 5.32. The monoisotopic (exact) mass is 462 g/mol. The van der Waals surface area contributed by atoms with Gasteiger partial charge in [0, 0.05) is 16.5 Å². The molecule has 1 aromatic carbocycles. The standard InChI is InChI=1S/C22H23ClN2O7/c1-3-25(2)16-10-7-8-6-9-11(23)4-5-12(26)14(9)17(27)13(8)19(29)22(10,32)20(30)15(18(16)28)21(24)31/h4-5,8,10,16,26-27,30,32H,3,6-7H2,1-2H3,(H2,24,31)/t8-,10-,16-,22-/m0/s1. The number of aliphatic hydroxyl groups excluding tert-OH is 2. The van der Waals surface area contributed by atoms with E-state index in [1.165, 1.54) is 12.1 Å².